The number of halogens is 1. The van der Waals surface area contributed by atoms with Gasteiger partial charge in [-0.1, -0.05) is 17.7 Å². The van der Waals surface area contributed by atoms with E-state index in [9.17, 15) is 4.79 Å². The molecule has 0 atom stereocenters. The van der Waals surface area contributed by atoms with Crippen molar-refractivity contribution < 1.29 is 9.53 Å². The van der Waals surface area contributed by atoms with Gasteiger partial charge in [-0.3, -0.25) is 4.90 Å². The Hall–Kier alpha value is -1.55. The summed E-state index contributed by atoms with van der Waals surface area (Å²) in [6, 6.07) is 3.29. The van der Waals surface area contributed by atoms with Crippen molar-refractivity contribution in [3.63, 3.8) is 0 Å². The zero-order valence-electron chi connectivity index (χ0n) is 11.5. The average Bonchev–Trinajstić information content (AvgIpc) is 2.27. The van der Waals surface area contributed by atoms with Gasteiger partial charge in [-0.2, -0.15) is 0 Å². The molecule has 1 aromatic heterocycles. The summed E-state index contributed by atoms with van der Waals surface area (Å²) < 4.78 is 5.36. The molecule has 1 amide bonds. The second kappa shape index (κ2) is 6.57. The number of carbonyl (C=O) groups excluding carboxylic acids is 1. The lowest BCUT2D eigenvalue weighted by Crippen LogP contribution is -2.37. The van der Waals surface area contributed by atoms with Gasteiger partial charge in [0, 0.05) is 17.8 Å². The molecule has 0 N–H and O–H groups in total. The molecule has 0 unspecified atom stereocenters. The molecular formula is C14H19ClN2O2. The normalized spacial score (nSPS) is 10.9. The van der Waals surface area contributed by atoms with Crippen LogP contribution in [0.4, 0.5) is 10.6 Å². The Bertz CT molecular complexity index is 455. The molecule has 1 heterocycles. The predicted octanol–water partition coefficient (Wildman–Crippen LogP) is 4.05. The Balaban J connectivity index is 2.94. The van der Waals surface area contributed by atoms with Gasteiger partial charge < -0.3 is 4.74 Å². The number of amides is 1. The van der Waals surface area contributed by atoms with E-state index in [2.05, 4.69) is 11.6 Å². The zero-order chi connectivity index (χ0) is 14.5. The fourth-order valence-electron chi connectivity index (χ4n) is 1.38. The van der Waals surface area contributed by atoms with Gasteiger partial charge in [-0.15, -0.1) is 6.58 Å². The maximum Gasteiger partial charge on any atom is 0.416 e. The molecule has 0 fully saturated rings. The quantitative estimate of drug-likeness (QED) is 0.782. The van der Waals surface area contributed by atoms with Gasteiger partial charge in [0.25, 0.3) is 0 Å². The van der Waals surface area contributed by atoms with E-state index in [0.29, 0.717) is 23.8 Å². The third kappa shape index (κ3) is 5.30. The van der Waals surface area contributed by atoms with Crippen molar-refractivity contribution in [2.75, 3.05) is 11.4 Å². The molecule has 0 aliphatic carbocycles. The molecule has 0 spiro atoms. The molecule has 4 nitrogen and oxygen atoms in total. The fourth-order valence-corrected chi connectivity index (χ4v) is 1.53. The molecule has 0 aromatic carbocycles. The Morgan fingerprint density at radius 2 is 2.26 bits per heavy atom. The van der Waals surface area contributed by atoms with E-state index in [1.165, 1.54) is 4.90 Å². The molecular weight excluding hydrogens is 264 g/mol. The van der Waals surface area contributed by atoms with Gasteiger partial charge in [0.2, 0.25) is 0 Å². The predicted molar refractivity (Wildman–Crippen MR) is 77.6 cm³/mol. The highest BCUT2D eigenvalue weighted by Crippen LogP contribution is 2.19. The Kier molecular flexibility index (Phi) is 5.36. The van der Waals surface area contributed by atoms with Crippen molar-refractivity contribution in [1.82, 2.24) is 4.98 Å². The number of pyridine rings is 1. The first-order valence-corrected chi connectivity index (χ1v) is 6.44. The number of hydrogen-bond acceptors (Lipinski definition) is 3. The van der Waals surface area contributed by atoms with Crippen LogP contribution in [-0.4, -0.2) is 23.2 Å². The second-order valence-electron chi connectivity index (χ2n) is 5.04. The summed E-state index contributed by atoms with van der Waals surface area (Å²) in [5, 5.41) is 0.525. The van der Waals surface area contributed by atoms with Crippen molar-refractivity contribution in [2.45, 2.75) is 32.8 Å². The molecule has 0 saturated carbocycles. The minimum atomic E-state index is -0.553. The smallest absolute Gasteiger partial charge is 0.416 e. The van der Waals surface area contributed by atoms with Crippen molar-refractivity contribution in [3.05, 3.63) is 36.0 Å². The van der Waals surface area contributed by atoms with E-state index < -0.39 is 11.7 Å². The highest BCUT2D eigenvalue weighted by Gasteiger charge is 2.23. The zero-order valence-corrected chi connectivity index (χ0v) is 12.3. The molecule has 0 saturated heterocycles. The van der Waals surface area contributed by atoms with Crippen LogP contribution in [-0.2, 0) is 4.74 Å². The highest BCUT2D eigenvalue weighted by molar-refractivity contribution is 6.30. The molecule has 0 aliphatic heterocycles. The van der Waals surface area contributed by atoms with E-state index in [0.717, 1.165) is 0 Å². The molecule has 5 heteroatoms. The molecule has 0 bridgehead atoms. The van der Waals surface area contributed by atoms with Crippen LogP contribution in [0.1, 0.15) is 27.2 Å². The molecule has 19 heavy (non-hydrogen) atoms. The van der Waals surface area contributed by atoms with Crippen LogP contribution in [0.25, 0.3) is 0 Å². The number of rotatable bonds is 4. The van der Waals surface area contributed by atoms with Crippen LogP contribution in [0.5, 0.6) is 0 Å². The van der Waals surface area contributed by atoms with Crippen molar-refractivity contribution in [3.8, 4) is 0 Å². The van der Waals surface area contributed by atoms with E-state index in [1.54, 1.807) is 24.4 Å². The van der Waals surface area contributed by atoms with Gasteiger partial charge in [0.1, 0.15) is 11.4 Å². The largest absolute Gasteiger partial charge is 0.443 e. The van der Waals surface area contributed by atoms with Crippen molar-refractivity contribution in [2.24, 2.45) is 0 Å². The van der Waals surface area contributed by atoms with Gasteiger partial charge in [-0.25, -0.2) is 9.78 Å². The van der Waals surface area contributed by atoms with Crippen LogP contribution in [0.2, 0.25) is 5.02 Å². The lowest BCUT2D eigenvalue weighted by Gasteiger charge is -2.26. The first-order valence-electron chi connectivity index (χ1n) is 6.06. The summed E-state index contributed by atoms with van der Waals surface area (Å²) in [6.07, 6.45) is 3.50. The number of hydrogen-bond donors (Lipinski definition) is 0. The Morgan fingerprint density at radius 1 is 1.58 bits per heavy atom. The summed E-state index contributed by atoms with van der Waals surface area (Å²) in [5.41, 5.74) is -0.553. The summed E-state index contributed by atoms with van der Waals surface area (Å²) in [4.78, 5) is 17.8. The van der Waals surface area contributed by atoms with E-state index in [4.69, 9.17) is 16.3 Å². The number of carbonyl (C=O) groups is 1. The number of nitrogens with zero attached hydrogens (tertiary/aromatic N) is 2. The molecule has 0 aliphatic rings. The van der Waals surface area contributed by atoms with Gasteiger partial charge in [0.05, 0.1) is 0 Å². The van der Waals surface area contributed by atoms with Crippen LogP contribution >= 0.6 is 11.6 Å². The van der Waals surface area contributed by atoms with E-state index >= 15 is 0 Å². The van der Waals surface area contributed by atoms with E-state index in [-0.39, 0.29) is 0 Å². The fraction of sp³-hybridized carbons (Fsp3) is 0.429. The summed E-state index contributed by atoms with van der Waals surface area (Å²) in [7, 11) is 0. The van der Waals surface area contributed by atoms with E-state index in [1.807, 2.05) is 20.8 Å². The van der Waals surface area contributed by atoms with Crippen LogP contribution in [0.15, 0.2) is 31.0 Å². The first-order chi connectivity index (χ1) is 8.83. The number of ether oxygens (including phenoxy) is 1. The topological polar surface area (TPSA) is 42.4 Å². The van der Waals surface area contributed by atoms with Gasteiger partial charge >= 0.3 is 6.09 Å². The lowest BCUT2D eigenvalue weighted by atomic mass is 10.2. The lowest BCUT2D eigenvalue weighted by molar-refractivity contribution is 0.0580. The highest BCUT2D eigenvalue weighted by atomic mass is 35.5. The van der Waals surface area contributed by atoms with Crippen LogP contribution in [0, 0.1) is 0 Å². The summed E-state index contributed by atoms with van der Waals surface area (Å²) in [5.74, 6) is 0.476. The second-order valence-corrected chi connectivity index (χ2v) is 5.48. The standard InChI is InChI=1S/C14H19ClN2O2/c1-5-6-9-17(13(18)19-14(2,3)4)12-10-11(15)7-8-16-12/h5,7-8,10H,1,6,9H2,2-4H3. The van der Waals surface area contributed by atoms with Gasteiger partial charge in [-0.05, 0) is 39.3 Å². The van der Waals surface area contributed by atoms with Gasteiger partial charge in [0.15, 0.2) is 0 Å². The summed E-state index contributed by atoms with van der Waals surface area (Å²) in [6.45, 7) is 9.57. The number of aromatic nitrogens is 1. The van der Waals surface area contributed by atoms with Crippen molar-refractivity contribution >= 4 is 23.5 Å². The summed E-state index contributed by atoms with van der Waals surface area (Å²) >= 11 is 5.92. The third-order valence-electron chi connectivity index (χ3n) is 2.15. The van der Waals surface area contributed by atoms with Crippen molar-refractivity contribution in [1.29, 1.82) is 0 Å². The maximum absolute atomic E-state index is 12.2. The Morgan fingerprint density at radius 3 is 2.79 bits per heavy atom. The monoisotopic (exact) mass is 282 g/mol. The maximum atomic E-state index is 12.2. The molecule has 104 valence electrons. The minimum Gasteiger partial charge on any atom is -0.443 e. The Labute approximate surface area is 119 Å². The van der Waals surface area contributed by atoms with Crippen LogP contribution in [0.3, 0.4) is 0 Å². The number of anilines is 1. The molecule has 0 radical (unpaired) electrons. The van der Waals surface area contributed by atoms with Crippen LogP contribution < -0.4 is 4.90 Å². The SMILES string of the molecule is C=CCCN(C(=O)OC(C)(C)C)c1cc(Cl)ccn1. The molecule has 1 rings (SSSR count). The molecule has 1 aromatic rings. The average molecular weight is 283 g/mol. The third-order valence-corrected chi connectivity index (χ3v) is 2.39. The first kappa shape index (κ1) is 15.5. The minimum absolute atomic E-state index is 0.441.